The van der Waals surface area contributed by atoms with Gasteiger partial charge in [-0.2, -0.15) is 10.4 Å². The van der Waals surface area contributed by atoms with E-state index in [9.17, 15) is 5.26 Å². The topological polar surface area (TPSA) is 70.6 Å². The molecule has 2 aliphatic rings. The number of halogens is 2. The molecule has 3 heterocycles. The maximum Gasteiger partial charge on any atom is 0.190 e. The van der Waals surface area contributed by atoms with Crippen molar-refractivity contribution in [1.82, 2.24) is 24.6 Å². The average Bonchev–Trinajstić information content (AvgIpc) is 3.47. The van der Waals surface area contributed by atoms with E-state index in [0.29, 0.717) is 39.2 Å². The van der Waals surface area contributed by atoms with Crippen molar-refractivity contribution in [1.29, 1.82) is 5.26 Å². The van der Waals surface area contributed by atoms with E-state index in [0.717, 1.165) is 24.1 Å². The molecule has 0 amide bonds. The van der Waals surface area contributed by atoms with Gasteiger partial charge in [-0.1, -0.05) is 49.2 Å². The number of benzene rings is 1. The maximum atomic E-state index is 9.67. The van der Waals surface area contributed by atoms with Crippen molar-refractivity contribution in [2.24, 2.45) is 5.92 Å². The van der Waals surface area contributed by atoms with Gasteiger partial charge in [-0.15, -0.1) is 0 Å². The molecule has 0 N–H and O–H groups in total. The van der Waals surface area contributed by atoms with Crippen LogP contribution in [0.4, 0.5) is 0 Å². The molecular weight excluding hydrogens is 479 g/mol. The number of nitriles is 1. The van der Waals surface area contributed by atoms with E-state index < -0.39 is 0 Å². The first kappa shape index (κ1) is 24.2. The summed E-state index contributed by atoms with van der Waals surface area (Å²) in [5.41, 5.74) is 4.32. The van der Waals surface area contributed by atoms with E-state index in [-0.39, 0.29) is 11.7 Å². The van der Waals surface area contributed by atoms with Crippen molar-refractivity contribution in [2.75, 3.05) is 6.54 Å². The van der Waals surface area contributed by atoms with Crippen LogP contribution in [0.2, 0.25) is 10.0 Å². The Morgan fingerprint density at radius 1 is 1.29 bits per heavy atom. The highest BCUT2D eigenvalue weighted by Crippen LogP contribution is 2.37. The molecule has 3 aromatic rings. The van der Waals surface area contributed by atoms with Gasteiger partial charge in [0.05, 0.1) is 17.9 Å². The van der Waals surface area contributed by atoms with Crippen LogP contribution in [-0.2, 0) is 0 Å². The fourth-order valence-electron chi connectivity index (χ4n) is 5.85. The Labute approximate surface area is 216 Å². The number of rotatable bonds is 5. The summed E-state index contributed by atoms with van der Waals surface area (Å²) in [7, 11) is 0. The molecular formula is C27H30Cl2N6. The quantitative estimate of drug-likeness (QED) is 0.384. The van der Waals surface area contributed by atoms with Gasteiger partial charge < -0.3 is 0 Å². The molecule has 1 fully saturated rings. The predicted molar refractivity (Wildman–Crippen MR) is 140 cm³/mol. The monoisotopic (exact) mass is 508 g/mol. The smallest absolute Gasteiger partial charge is 0.190 e. The van der Waals surface area contributed by atoms with E-state index in [4.69, 9.17) is 28.2 Å². The second kappa shape index (κ2) is 9.89. The van der Waals surface area contributed by atoms with Crippen LogP contribution in [0.5, 0.6) is 0 Å². The van der Waals surface area contributed by atoms with Gasteiger partial charge in [-0.3, -0.25) is 4.90 Å². The average molecular weight is 509 g/mol. The molecule has 2 aromatic heterocycles. The maximum absolute atomic E-state index is 9.67. The lowest BCUT2D eigenvalue weighted by Crippen LogP contribution is -2.43. The molecule has 1 saturated heterocycles. The molecule has 5 rings (SSSR count). The molecule has 35 heavy (non-hydrogen) atoms. The largest absolute Gasteiger partial charge is 0.297 e. The van der Waals surface area contributed by atoms with Crippen molar-refractivity contribution >= 4 is 39.9 Å². The third-order valence-electron chi connectivity index (χ3n) is 7.74. The second-order valence-corrected chi connectivity index (χ2v) is 10.7. The minimum Gasteiger partial charge on any atom is -0.297 e. The Hall–Kier alpha value is -2.46. The molecule has 0 radical (unpaired) electrons. The highest BCUT2D eigenvalue weighted by molar-refractivity contribution is 6.35. The highest BCUT2D eigenvalue weighted by Gasteiger charge is 2.34. The molecule has 4 unspecified atom stereocenters. The van der Waals surface area contributed by atoms with Crippen molar-refractivity contribution in [3.8, 4) is 6.07 Å². The first-order valence-electron chi connectivity index (χ1n) is 12.5. The number of aromatic nitrogens is 4. The van der Waals surface area contributed by atoms with Crippen molar-refractivity contribution < 1.29 is 0 Å². The van der Waals surface area contributed by atoms with E-state index in [2.05, 4.69) is 41.0 Å². The van der Waals surface area contributed by atoms with Crippen LogP contribution in [0.15, 0.2) is 30.5 Å². The first-order valence-corrected chi connectivity index (χ1v) is 13.2. The predicted octanol–water partition coefficient (Wildman–Crippen LogP) is 6.67. The van der Waals surface area contributed by atoms with E-state index >= 15 is 0 Å². The summed E-state index contributed by atoms with van der Waals surface area (Å²) in [5, 5.41) is 15.3. The van der Waals surface area contributed by atoms with Gasteiger partial charge in [-0.05, 0) is 74.8 Å². The Morgan fingerprint density at radius 2 is 2.11 bits per heavy atom. The zero-order chi connectivity index (χ0) is 24.7. The van der Waals surface area contributed by atoms with Crippen molar-refractivity contribution in [3.63, 3.8) is 0 Å². The molecule has 1 aliphatic carbocycles. The Kier molecular flexibility index (Phi) is 6.85. The number of fused-ring (bicyclic) bond motifs is 1. The van der Waals surface area contributed by atoms with Crippen LogP contribution in [0, 0.1) is 17.2 Å². The summed E-state index contributed by atoms with van der Waals surface area (Å²) in [6.45, 7) is 7.87. The minimum atomic E-state index is -0.237. The van der Waals surface area contributed by atoms with Crippen molar-refractivity contribution in [2.45, 2.75) is 71.0 Å². The van der Waals surface area contributed by atoms with Crippen LogP contribution < -0.4 is 0 Å². The molecule has 4 atom stereocenters. The molecule has 0 bridgehead atoms. The van der Waals surface area contributed by atoms with E-state index in [1.165, 1.54) is 31.4 Å². The van der Waals surface area contributed by atoms with E-state index in [1.807, 2.05) is 13.0 Å². The molecule has 6 nitrogen and oxygen atoms in total. The third kappa shape index (κ3) is 4.46. The van der Waals surface area contributed by atoms with Crippen LogP contribution >= 0.6 is 23.2 Å². The SMILES string of the molecule is CCC1CCCN1C1CC=C(c2cnc3c(C#N)nn(C(C)c4ccc(Cl)cc4Cl)c3n2)CC1C. The summed E-state index contributed by atoms with van der Waals surface area (Å²) in [4.78, 5) is 12.4. The number of nitrogens with zero attached hydrogens (tertiary/aromatic N) is 6. The molecule has 0 saturated carbocycles. The molecule has 182 valence electrons. The van der Waals surface area contributed by atoms with Crippen LogP contribution in [-0.4, -0.2) is 43.3 Å². The third-order valence-corrected chi connectivity index (χ3v) is 8.30. The lowest BCUT2D eigenvalue weighted by atomic mass is 9.83. The Bertz CT molecular complexity index is 1320. The number of likely N-dealkylation sites (tertiary alicyclic amines) is 1. The summed E-state index contributed by atoms with van der Waals surface area (Å²) in [6, 6.07) is 8.65. The normalized spacial score (nSPS) is 23.9. The van der Waals surface area contributed by atoms with Gasteiger partial charge in [0.2, 0.25) is 0 Å². The Balaban J connectivity index is 1.49. The molecule has 1 aliphatic heterocycles. The zero-order valence-corrected chi connectivity index (χ0v) is 21.9. The van der Waals surface area contributed by atoms with E-state index in [1.54, 1.807) is 23.0 Å². The number of hydrogen-bond acceptors (Lipinski definition) is 5. The standard InChI is InChI=1S/C27H30Cl2N6/c1-4-20-6-5-11-34(20)25-10-7-18(12-16(25)2)24-15-31-26-23(14-30)33-35(27(26)32-24)17(3)21-9-8-19(28)13-22(21)29/h7-9,13,15-17,20,25H,4-6,10-12H2,1-3H3. The highest BCUT2D eigenvalue weighted by atomic mass is 35.5. The zero-order valence-electron chi connectivity index (χ0n) is 20.4. The lowest BCUT2D eigenvalue weighted by molar-refractivity contribution is 0.129. The van der Waals surface area contributed by atoms with Crippen LogP contribution in [0.3, 0.4) is 0 Å². The molecule has 1 aromatic carbocycles. The van der Waals surface area contributed by atoms with Gasteiger partial charge in [0.25, 0.3) is 0 Å². The van der Waals surface area contributed by atoms with Gasteiger partial charge in [0.1, 0.15) is 11.6 Å². The summed E-state index contributed by atoms with van der Waals surface area (Å²) >= 11 is 12.6. The number of hydrogen-bond donors (Lipinski definition) is 0. The summed E-state index contributed by atoms with van der Waals surface area (Å²) in [6.07, 6.45) is 9.99. The van der Waals surface area contributed by atoms with Gasteiger partial charge in [-0.25, -0.2) is 14.6 Å². The van der Waals surface area contributed by atoms with Crippen molar-refractivity contribution in [3.05, 3.63) is 57.5 Å². The second-order valence-electron chi connectivity index (χ2n) is 9.83. The van der Waals surface area contributed by atoms with Gasteiger partial charge in [0.15, 0.2) is 11.3 Å². The molecule has 8 heteroatoms. The fourth-order valence-corrected chi connectivity index (χ4v) is 6.41. The minimum absolute atomic E-state index is 0.237. The van der Waals surface area contributed by atoms with Crippen LogP contribution in [0.25, 0.3) is 16.7 Å². The number of allylic oxidation sites excluding steroid dienone is 1. The van der Waals surface area contributed by atoms with Gasteiger partial charge in [0, 0.05) is 22.1 Å². The summed E-state index contributed by atoms with van der Waals surface area (Å²) < 4.78 is 1.76. The van der Waals surface area contributed by atoms with Crippen LogP contribution in [0.1, 0.15) is 75.9 Å². The Morgan fingerprint density at radius 3 is 2.83 bits per heavy atom. The van der Waals surface area contributed by atoms with Gasteiger partial charge >= 0.3 is 0 Å². The fraction of sp³-hybridized carbons (Fsp3) is 0.481. The summed E-state index contributed by atoms with van der Waals surface area (Å²) in [5.74, 6) is 0.547. The lowest BCUT2D eigenvalue weighted by Gasteiger charge is -2.39. The first-order chi connectivity index (χ1) is 16.9. The molecule has 0 spiro atoms.